The molecule has 15 heavy (non-hydrogen) atoms. The predicted octanol–water partition coefficient (Wildman–Crippen LogP) is 2.12. The molecule has 0 aliphatic heterocycles. The van der Waals surface area contributed by atoms with Gasteiger partial charge in [-0.15, -0.1) is 0 Å². The van der Waals surface area contributed by atoms with Crippen LogP contribution >= 0.6 is 0 Å². The monoisotopic (exact) mass is 228 g/mol. The first-order valence-electron chi connectivity index (χ1n) is 5.01. The maximum atomic E-state index is 12.9. The molecule has 4 heteroatoms. The van der Waals surface area contributed by atoms with E-state index in [-0.39, 0.29) is 22.7 Å². The number of benzene rings is 1. The molecule has 0 unspecified atom stereocenters. The van der Waals surface area contributed by atoms with Crippen molar-refractivity contribution in [3.05, 3.63) is 35.6 Å². The van der Waals surface area contributed by atoms with E-state index < -0.39 is 9.84 Å². The van der Waals surface area contributed by atoms with Gasteiger partial charge in [-0.1, -0.05) is 19.1 Å². The van der Waals surface area contributed by atoms with Crippen molar-refractivity contribution in [1.29, 1.82) is 0 Å². The van der Waals surface area contributed by atoms with Crippen LogP contribution in [0, 0.1) is 5.82 Å². The second-order valence-electron chi connectivity index (χ2n) is 3.89. The van der Waals surface area contributed by atoms with Crippen molar-refractivity contribution in [2.45, 2.75) is 24.5 Å². The molecule has 0 radical (unpaired) electrons. The van der Waals surface area contributed by atoms with E-state index in [2.05, 4.69) is 0 Å². The molecule has 0 N–H and O–H groups in total. The van der Waals surface area contributed by atoms with Crippen molar-refractivity contribution in [3.8, 4) is 0 Å². The largest absolute Gasteiger partial charge is 0.229 e. The molecule has 2 rings (SSSR count). The number of rotatable bonds is 3. The third kappa shape index (κ3) is 2.04. The molecule has 82 valence electrons. The second kappa shape index (κ2) is 3.59. The highest BCUT2D eigenvalue weighted by Gasteiger charge is 2.46. The zero-order chi connectivity index (χ0) is 11.1. The van der Waals surface area contributed by atoms with Gasteiger partial charge in [-0.25, -0.2) is 12.8 Å². The highest BCUT2D eigenvalue weighted by Crippen LogP contribution is 2.46. The van der Waals surface area contributed by atoms with Crippen LogP contribution in [0.2, 0.25) is 0 Å². The summed E-state index contributed by atoms with van der Waals surface area (Å²) in [4.78, 5) is 0. The van der Waals surface area contributed by atoms with Crippen LogP contribution in [0.15, 0.2) is 24.3 Å². The Balaban J connectivity index is 2.18. The van der Waals surface area contributed by atoms with Crippen molar-refractivity contribution < 1.29 is 12.8 Å². The van der Waals surface area contributed by atoms with E-state index in [1.807, 2.05) is 0 Å². The molecule has 1 aromatic carbocycles. The summed E-state index contributed by atoms with van der Waals surface area (Å²) in [6.45, 7) is 1.65. The molecule has 0 bridgehead atoms. The van der Waals surface area contributed by atoms with E-state index >= 15 is 0 Å². The first-order valence-corrected chi connectivity index (χ1v) is 6.73. The van der Waals surface area contributed by atoms with Gasteiger partial charge in [0.25, 0.3) is 0 Å². The van der Waals surface area contributed by atoms with Crippen LogP contribution in [0.5, 0.6) is 0 Å². The lowest BCUT2D eigenvalue weighted by Gasteiger charge is -2.01. The van der Waals surface area contributed by atoms with E-state index in [1.54, 1.807) is 19.1 Å². The lowest BCUT2D eigenvalue weighted by atomic mass is 10.1. The zero-order valence-corrected chi connectivity index (χ0v) is 9.30. The summed E-state index contributed by atoms with van der Waals surface area (Å²) in [6, 6.07) is 6.21. The average Bonchev–Trinajstić information content (AvgIpc) is 2.98. The molecule has 0 heterocycles. The van der Waals surface area contributed by atoms with E-state index in [9.17, 15) is 12.8 Å². The van der Waals surface area contributed by atoms with Crippen molar-refractivity contribution in [2.24, 2.45) is 0 Å². The lowest BCUT2D eigenvalue weighted by molar-refractivity contribution is 0.595. The number of sulfone groups is 1. The van der Waals surface area contributed by atoms with Crippen LogP contribution in [0.4, 0.5) is 4.39 Å². The summed E-state index contributed by atoms with van der Waals surface area (Å²) in [7, 11) is -2.96. The third-order valence-corrected chi connectivity index (χ3v) is 5.12. The fraction of sp³-hybridized carbons (Fsp3) is 0.455. The molecule has 1 aliphatic rings. The Morgan fingerprint density at radius 1 is 1.47 bits per heavy atom. The first kappa shape index (κ1) is 10.6. The highest BCUT2D eigenvalue weighted by molar-refractivity contribution is 7.92. The summed E-state index contributed by atoms with van der Waals surface area (Å²) in [5.74, 6) is -0.124. The molecule has 1 fully saturated rings. The summed E-state index contributed by atoms with van der Waals surface area (Å²) < 4.78 is 36.0. The second-order valence-corrected chi connectivity index (χ2v) is 6.40. The van der Waals surface area contributed by atoms with Crippen LogP contribution in [0.1, 0.15) is 24.8 Å². The SMILES string of the molecule is CCS(=O)(=O)[C@@H]1C[C@H]1c1cccc(F)c1. The molecule has 2 atom stereocenters. The fourth-order valence-electron chi connectivity index (χ4n) is 1.87. The number of hydrogen-bond donors (Lipinski definition) is 0. The minimum Gasteiger partial charge on any atom is -0.229 e. The summed E-state index contributed by atoms with van der Waals surface area (Å²) in [5.41, 5.74) is 0.803. The lowest BCUT2D eigenvalue weighted by Crippen LogP contribution is -2.10. The molecule has 1 aromatic rings. The Kier molecular flexibility index (Phi) is 2.54. The molecule has 2 nitrogen and oxygen atoms in total. The van der Waals surface area contributed by atoms with Crippen LogP contribution in [0.3, 0.4) is 0 Å². The van der Waals surface area contributed by atoms with E-state index in [0.29, 0.717) is 6.42 Å². The smallest absolute Gasteiger partial charge is 0.153 e. The Morgan fingerprint density at radius 3 is 2.80 bits per heavy atom. The highest BCUT2D eigenvalue weighted by atomic mass is 32.2. The summed E-state index contributed by atoms with van der Waals surface area (Å²) in [5, 5.41) is -0.288. The van der Waals surface area contributed by atoms with Gasteiger partial charge in [-0.2, -0.15) is 0 Å². The molecule has 0 aromatic heterocycles. The van der Waals surface area contributed by atoms with E-state index in [0.717, 1.165) is 5.56 Å². The Morgan fingerprint density at radius 2 is 2.20 bits per heavy atom. The van der Waals surface area contributed by atoms with Gasteiger partial charge < -0.3 is 0 Å². The number of halogens is 1. The zero-order valence-electron chi connectivity index (χ0n) is 8.48. The minimum absolute atomic E-state index is 0.00523. The summed E-state index contributed by atoms with van der Waals surface area (Å²) in [6.07, 6.45) is 0.639. The minimum atomic E-state index is -2.96. The van der Waals surface area contributed by atoms with Gasteiger partial charge in [0.15, 0.2) is 9.84 Å². The number of hydrogen-bond acceptors (Lipinski definition) is 2. The maximum Gasteiger partial charge on any atom is 0.153 e. The van der Waals surface area contributed by atoms with Crippen molar-refractivity contribution in [2.75, 3.05) is 5.75 Å². The molecule has 1 saturated carbocycles. The van der Waals surface area contributed by atoms with Crippen LogP contribution in [-0.4, -0.2) is 19.4 Å². The molecular weight excluding hydrogens is 215 g/mol. The molecule has 0 saturated heterocycles. The van der Waals surface area contributed by atoms with Gasteiger partial charge in [-0.05, 0) is 24.1 Å². The van der Waals surface area contributed by atoms with Gasteiger partial charge in [-0.3, -0.25) is 0 Å². The van der Waals surface area contributed by atoms with Gasteiger partial charge >= 0.3 is 0 Å². The Hall–Kier alpha value is -0.900. The first-order chi connectivity index (χ1) is 7.04. The van der Waals surface area contributed by atoms with Gasteiger partial charge in [0.05, 0.1) is 5.25 Å². The van der Waals surface area contributed by atoms with Crippen molar-refractivity contribution in [3.63, 3.8) is 0 Å². The van der Waals surface area contributed by atoms with Crippen LogP contribution in [0.25, 0.3) is 0 Å². The Labute approximate surface area is 89.0 Å². The maximum absolute atomic E-state index is 12.9. The molecular formula is C11H13FO2S. The Bertz CT molecular complexity index is 467. The molecule has 0 amide bonds. The van der Waals surface area contributed by atoms with Crippen molar-refractivity contribution in [1.82, 2.24) is 0 Å². The van der Waals surface area contributed by atoms with Crippen LogP contribution in [-0.2, 0) is 9.84 Å². The topological polar surface area (TPSA) is 34.1 Å². The van der Waals surface area contributed by atoms with Crippen LogP contribution < -0.4 is 0 Å². The molecule has 1 aliphatic carbocycles. The quantitative estimate of drug-likeness (QED) is 0.794. The van der Waals surface area contributed by atoms with Gasteiger partial charge in [0.2, 0.25) is 0 Å². The van der Waals surface area contributed by atoms with Gasteiger partial charge in [0, 0.05) is 11.7 Å². The average molecular weight is 228 g/mol. The summed E-state index contributed by atoms with van der Waals surface area (Å²) >= 11 is 0. The van der Waals surface area contributed by atoms with Crippen molar-refractivity contribution >= 4 is 9.84 Å². The third-order valence-electron chi connectivity index (χ3n) is 2.87. The van der Waals surface area contributed by atoms with E-state index in [1.165, 1.54) is 12.1 Å². The van der Waals surface area contributed by atoms with E-state index in [4.69, 9.17) is 0 Å². The fourth-order valence-corrected chi connectivity index (χ4v) is 3.46. The standard InChI is InChI=1S/C11H13FO2S/c1-2-15(13,14)11-7-10(11)8-4-3-5-9(12)6-8/h3-6,10-11H,2,7H2,1H3/t10-,11+/m0/s1. The predicted molar refractivity (Wildman–Crippen MR) is 57.0 cm³/mol. The molecule has 0 spiro atoms. The normalized spacial score (nSPS) is 25.2. The van der Waals surface area contributed by atoms with Gasteiger partial charge in [0.1, 0.15) is 5.82 Å².